The molecule has 7 aromatic rings. The van der Waals surface area contributed by atoms with Gasteiger partial charge < -0.3 is 81.8 Å². The maximum atomic E-state index is 15.1. The normalized spacial score (nSPS) is 18.8. The number of carbonyl (C=O) groups excluding carboxylic acids is 9. The molecule has 2 bridgehead atoms. The molecule has 7 atom stereocenters. The maximum absolute atomic E-state index is 15.1. The van der Waals surface area contributed by atoms with Crippen LogP contribution in [0.5, 0.6) is 11.5 Å². The highest BCUT2D eigenvalue weighted by Gasteiger charge is 2.36. The van der Waals surface area contributed by atoms with E-state index in [1.165, 1.54) is 65.8 Å². The number of amides is 8. The molecule has 610 valence electrons. The summed E-state index contributed by atoms with van der Waals surface area (Å²) >= 11 is 4.48. The summed E-state index contributed by atoms with van der Waals surface area (Å²) in [5, 5.41) is 66.4. The molecule has 1 aliphatic heterocycles. The first-order valence-corrected chi connectivity index (χ1v) is 39.0. The Morgan fingerprint density at radius 3 is 1.95 bits per heavy atom. The van der Waals surface area contributed by atoms with E-state index in [1.54, 1.807) is 56.6 Å². The van der Waals surface area contributed by atoms with Gasteiger partial charge in [0, 0.05) is 75.0 Å². The number of unbranched alkanes of at least 4 members (excludes halogenated alkanes) is 2. The van der Waals surface area contributed by atoms with Crippen LogP contribution in [0, 0.1) is 11.7 Å². The minimum atomic E-state index is -1.46. The number of carbonyl (C=O) groups is 9. The second-order valence-electron chi connectivity index (χ2n) is 27.1. The van der Waals surface area contributed by atoms with Gasteiger partial charge in [0.2, 0.25) is 47.3 Å². The number of ether oxygens (including phenoxy) is 5. The van der Waals surface area contributed by atoms with Crippen LogP contribution >= 0.6 is 27.7 Å². The number of hydrogen-bond acceptors (Lipinski definition) is 24. The van der Waals surface area contributed by atoms with E-state index < -0.39 is 108 Å². The number of thioether (sulfide) groups is 1. The largest absolute Gasteiger partial charge is 0.508 e. The van der Waals surface area contributed by atoms with Gasteiger partial charge in [-0.25, -0.2) is 14.0 Å². The van der Waals surface area contributed by atoms with Crippen molar-refractivity contribution in [1.29, 1.82) is 0 Å². The number of Topliss-reactive ketones (excluding diaryl/α,β-unsaturated/α-hetero) is 1. The van der Waals surface area contributed by atoms with Crippen LogP contribution in [0.2, 0.25) is 0 Å². The SMILES string of the molecule is CC(C)[C@H]1NC(=O)[C@@H](Cc2ccc(O)cc2)NC(=O)[C@@H](Cc2c[nH]c3ccccc23)NC(=O)[C@@H](NC(=O)COCCOCCOCCOCCOCCCC(=O)CCCCCSc2nonc2C(=Nc2ccc(F)c(Br)c2)NO)Cc2cn(nn2)CCCC[C@@H](C(N)=O)NC(=O)[C@@H](Cc2ccc(O)cc2)NC(=O)[C@@H](C)NC1=O. The molecule has 0 saturated carbocycles. The molecule has 1 aliphatic rings. The van der Waals surface area contributed by atoms with E-state index in [0.717, 1.165) is 30.2 Å². The van der Waals surface area contributed by atoms with Crippen LogP contribution in [0.1, 0.15) is 107 Å². The number of nitrogens with zero attached hydrogens (tertiary/aromatic N) is 6. The number of hydroxylamine groups is 1. The number of aryl methyl sites for hydroxylation is 1. The molecule has 0 unspecified atom stereocenters. The highest BCUT2D eigenvalue weighted by Crippen LogP contribution is 2.27. The minimum Gasteiger partial charge on any atom is -0.508 e. The molecule has 0 fully saturated rings. The molecule has 34 nitrogen and oxygen atoms in total. The molecule has 0 radical (unpaired) electrons. The third-order valence-corrected chi connectivity index (χ3v) is 19.6. The summed E-state index contributed by atoms with van der Waals surface area (Å²) in [4.78, 5) is 134. The number of H-pyrrole nitrogens is 1. The van der Waals surface area contributed by atoms with Gasteiger partial charge in [0.15, 0.2) is 16.6 Å². The standard InChI is InChI=1S/C76H98BrFN16O18S/c1-46(2)66-75(105)81-47(3)70(100)85-61(38-48-17-22-54(96)23-18-48)71(101)84-60(68(79)99)16-8-9-27-94-44-52(89-93-94)42-64(73(103)87-63(40-50-43-80-59-15-7-6-14-56(50)59)72(102)86-62(74(104)88-66)39-49-19-24-55(97)25-20-49)83-65(98)45-111-36-35-110-34-33-109-32-31-108-30-29-107-28-11-13-53(95)12-5-4-10-37-113-76-67(91-112-92-76)69(90-106)82-51-21-26-58(78)57(77)41-51/h6-7,14-15,17-26,41,43-44,46-47,60-64,66,80,96-97,106H,4-5,8-13,16,27-40,42,45H2,1-3H3,(H2,79,99)(H,81,105)(H,82,90)(H,83,98)(H,84,101)(H,85,100)(H,86,102)(H,87,103)(H,88,104)/t47-,60+,61-,62-,63-,64+,66-/m1/s1. The molecule has 8 amide bonds. The predicted molar refractivity (Wildman–Crippen MR) is 413 cm³/mol. The van der Waals surface area contributed by atoms with Crippen molar-refractivity contribution in [2.45, 2.75) is 158 Å². The number of aromatic amines is 1. The van der Waals surface area contributed by atoms with Crippen LogP contribution in [-0.4, -0.2) is 219 Å². The fourth-order valence-electron chi connectivity index (χ4n) is 11.8. The van der Waals surface area contributed by atoms with Gasteiger partial charge in [-0.1, -0.05) is 67.9 Å². The molecular weight excluding hydrogens is 1560 g/mol. The average molecular weight is 1650 g/mol. The summed E-state index contributed by atoms with van der Waals surface area (Å²) in [5.41, 5.74) is 11.0. The molecule has 0 aliphatic carbocycles. The summed E-state index contributed by atoms with van der Waals surface area (Å²) < 4.78 is 48.4. The van der Waals surface area contributed by atoms with Crippen LogP contribution < -0.4 is 48.4 Å². The summed E-state index contributed by atoms with van der Waals surface area (Å²) in [6.45, 7) is 6.55. The summed E-state index contributed by atoms with van der Waals surface area (Å²) in [7, 11) is 0. The Balaban J connectivity index is 0.817. The lowest BCUT2D eigenvalue weighted by Crippen LogP contribution is -2.61. The second kappa shape index (κ2) is 46.7. The number of aliphatic imine (C=N–C) groups is 1. The fraction of sp³-hybridized carbons (Fsp3) is 0.474. The molecule has 0 saturated heterocycles. The first-order chi connectivity index (χ1) is 54.5. The number of hydrogen-bond donors (Lipinski definition) is 13. The number of rotatable bonds is 36. The van der Waals surface area contributed by atoms with Gasteiger partial charge in [-0.05, 0) is 149 Å². The van der Waals surface area contributed by atoms with Crippen LogP contribution in [-0.2, 0) is 99.1 Å². The van der Waals surface area contributed by atoms with Gasteiger partial charge in [0.05, 0.1) is 68.7 Å². The Hall–Kier alpha value is -10.3. The van der Waals surface area contributed by atoms with Crippen molar-refractivity contribution in [1.82, 2.24) is 73.0 Å². The van der Waals surface area contributed by atoms with E-state index in [2.05, 4.69) is 83.7 Å². The number of halogens is 2. The summed E-state index contributed by atoms with van der Waals surface area (Å²) in [5.74, 6) is -6.87. The zero-order valence-electron chi connectivity index (χ0n) is 63.0. The number of nitrogens with one attached hydrogen (secondary N) is 9. The molecule has 4 heterocycles. The topological polar surface area (TPSA) is 481 Å². The summed E-state index contributed by atoms with van der Waals surface area (Å²) in [6, 6.07) is 13.7. The third kappa shape index (κ3) is 30.0. The first-order valence-electron chi connectivity index (χ1n) is 37.2. The molecule has 3 aromatic heterocycles. The third-order valence-electron chi connectivity index (χ3n) is 17.9. The number of phenolic OH excluding ortho intramolecular Hbond substituents is 2. The van der Waals surface area contributed by atoms with Crippen molar-refractivity contribution in [3.8, 4) is 11.5 Å². The number of aromatic nitrogens is 6. The van der Waals surface area contributed by atoms with Gasteiger partial charge in [-0.3, -0.25) is 58.5 Å². The Kier molecular flexibility index (Phi) is 36.5. The number of aromatic hydroxyl groups is 2. The first kappa shape index (κ1) is 88.3. The molecule has 37 heteroatoms. The number of phenols is 2. The second-order valence-corrected chi connectivity index (χ2v) is 29.0. The van der Waals surface area contributed by atoms with E-state index in [4.69, 9.17) is 34.0 Å². The predicted octanol–water partition coefficient (Wildman–Crippen LogP) is 4.31. The number of amidine groups is 1. The number of nitrogens with two attached hydrogens (primary N) is 1. The quantitative estimate of drug-likeness (QED) is 0.00855. The molecule has 4 aromatic carbocycles. The van der Waals surface area contributed by atoms with Crippen molar-refractivity contribution >= 4 is 103 Å². The van der Waals surface area contributed by atoms with Crippen LogP contribution in [0.15, 0.2) is 123 Å². The van der Waals surface area contributed by atoms with Gasteiger partial charge in [-0.2, -0.15) is 0 Å². The van der Waals surface area contributed by atoms with Crippen molar-refractivity contribution in [2.75, 3.05) is 71.8 Å². The highest BCUT2D eigenvalue weighted by atomic mass is 79.9. The van der Waals surface area contributed by atoms with E-state index in [-0.39, 0.29) is 111 Å². The molecule has 14 N–H and O–H groups in total. The van der Waals surface area contributed by atoms with E-state index in [0.29, 0.717) is 91.7 Å². The lowest BCUT2D eigenvalue weighted by atomic mass is 9.99. The van der Waals surface area contributed by atoms with E-state index in [9.17, 15) is 58.2 Å². The number of benzene rings is 4. The van der Waals surface area contributed by atoms with Gasteiger partial charge in [0.1, 0.15) is 72.0 Å². The number of fused-ring (bicyclic) bond motifs is 3. The van der Waals surface area contributed by atoms with Crippen molar-refractivity contribution < 1.29 is 91.3 Å². The fourth-order valence-corrected chi connectivity index (χ4v) is 13.1. The molecule has 0 spiro atoms. The Labute approximate surface area is 663 Å². The van der Waals surface area contributed by atoms with Crippen LogP contribution in [0.25, 0.3) is 10.9 Å². The van der Waals surface area contributed by atoms with E-state index in [1.807, 2.05) is 23.7 Å². The number of para-hydroxylation sites is 1. The molecule has 113 heavy (non-hydrogen) atoms. The smallest absolute Gasteiger partial charge is 0.246 e. The van der Waals surface area contributed by atoms with Gasteiger partial charge in [0.25, 0.3) is 0 Å². The van der Waals surface area contributed by atoms with E-state index >= 15 is 4.79 Å². The lowest BCUT2D eigenvalue weighted by Gasteiger charge is -2.28. The Morgan fingerprint density at radius 1 is 0.699 bits per heavy atom. The number of ketones is 1. The zero-order chi connectivity index (χ0) is 81.0. The van der Waals surface area contributed by atoms with Crippen molar-refractivity contribution in [2.24, 2.45) is 16.6 Å². The Morgan fingerprint density at radius 2 is 1.30 bits per heavy atom. The van der Waals surface area contributed by atoms with Gasteiger partial charge >= 0.3 is 0 Å². The van der Waals surface area contributed by atoms with Gasteiger partial charge in [-0.15, -0.1) is 16.9 Å². The van der Waals surface area contributed by atoms with Crippen LogP contribution in [0.3, 0.4) is 0 Å². The lowest BCUT2D eigenvalue weighted by molar-refractivity contribution is -0.136. The Bertz CT molecular complexity index is 4280. The maximum Gasteiger partial charge on any atom is 0.246 e. The number of primary amides is 1. The average Bonchev–Trinajstić information content (AvgIpc) is 1.75. The summed E-state index contributed by atoms with van der Waals surface area (Å²) in [6.07, 6.45) is 7.09. The monoisotopic (exact) mass is 1650 g/mol. The minimum absolute atomic E-state index is 0.0169. The molecule has 8 rings (SSSR count). The van der Waals surface area contributed by atoms with Crippen molar-refractivity contribution in [3.63, 3.8) is 0 Å². The zero-order valence-corrected chi connectivity index (χ0v) is 65.4. The highest BCUT2D eigenvalue weighted by molar-refractivity contribution is 9.10. The molecular formula is C76H98BrFN16O18S. The van der Waals surface area contributed by atoms with Crippen molar-refractivity contribution in [3.05, 3.63) is 142 Å². The van der Waals surface area contributed by atoms with Crippen LogP contribution in [0.4, 0.5) is 10.1 Å².